The maximum absolute atomic E-state index is 12.6. The van der Waals surface area contributed by atoms with E-state index in [1.165, 1.54) is 0 Å². The molecule has 4 rings (SSSR count). The SMILES string of the molecule is O=C(Nc1cccc2ccccc12)c1ccc(-c2ccc(Cl)c(Cl)c2)o1. The van der Waals surface area contributed by atoms with Crippen LogP contribution in [-0.2, 0) is 0 Å². The van der Waals surface area contributed by atoms with Crippen molar-refractivity contribution in [3.05, 3.63) is 88.6 Å². The third-order valence-electron chi connectivity index (χ3n) is 4.07. The van der Waals surface area contributed by atoms with Gasteiger partial charge in [-0.25, -0.2) is 0 Å². The molecule has 1 N–H and O–H groups in total. The van der Waals surface area contributed by atoms with Crippen LogP contribution in [0.4, 0.5) is 5.69 Å². The molecule has 0 fully saturated rings. The van der Waals surface area contributed by atoms with Crippen LogP contribution in [0.1, 0.15) is 10.6 Å². The van der Waals surface area contributed by atoms with Crippen molar-refractivity contribution in [2.75, 3.05) is 5.32 Å². The smallest absolute Gasteiger partial charge is 0.291 e. The fourth-order valence-electron chi connectivity index (χ4n) is 2.78. The third kappa shape index (κ3) is 3.19. The molecule has 0 aliphatic heterocycles. The van der Waals surface area contributed by atoms with Crippen LogP contribution in [-0.4, -0.2) is 5.91 Å². The lowest BCUT2D eigenvalue weighted by Gasteiger charge is -2.07. The minimum Gasteiger partial charge on any atom is -0.451 e. The standard InChI is InChI=1S/C21H13Cl2NO2/c22-16-9-8-14(12-17(16)23)19-10-11-20(26-19)21(25)24-18-7-3-5-13-4-1-2-6-15(13)18/h1-12H,(H,24,25). The molecule has 0 unspecified atom stereocenters. The maximum Gasteiger partial charge on any atom is 0.291 e. The highest BCUT2D eigenvalue weighted by Gasteiger charge is 2.14. The second kappa shape index (κ2) is 6.87. The molecule has 1 amide bonds. The molecule has 0 bridgehead atoms. The molecule has 0 saturated carbocycles. The van der Waals surface area contributed by atoms with Gasteiger partial charge in [-0.3, -0.25) is 4.79 Å². The Morgan fingerprint density at radius 2 is 1.65 bits per heavy atom. The van der Waals surface area contributed by atoms with Crippen LogP contribution in [0.5, 0.6) is 0 Å². The summed E-state index contributed by atoms with van der Waals surface area (Å²) in [5, 5.41) is 5.84. The van der Waals surface area contributed by atoms with Crippen LogP contribution >= 0.6 is 23.2 Å². The number of hydrogen-bond acceptors (Lipinski definition) is 2. The molecule has 3 nitrogen and oxygen atoms in total. The van der Waals surface area contributed by atoms with E-state index in [1.54, 1.807) is 30.3 Å². The first-order chi connectivity index (χ1) is 12.6. The van der Waals surface area contributed by atoms with Gasteiger partial charge in [0.1, 0.15) is 5.76 Å². The monoisotopic (exact) mass is 381 g/mol. The molecular weight excluding hydrogens is 369 g/mol. The van der Waals surface area contributed by atoms with E-state index in [1.807, 2.05) is 42.5 Å². The second-order valence-electron chi connectivity index (χ2n) is 5.77. The van der Waals surface area contributed by atoms with E-state index in [9.17, 15) is 4.79 Å². The van der Waals surface area contributed by atoms with E-state index in [0.717, 1.165) is 22.0 Å². The number of amides is 1. The number of hydrogen-bond donors (Lipinski definition) is 1. The Bertz CT molecular complexity index is 1110. The molecule has 0 atom stereocenters. The van der Waals surface area contributed by atoms with Gasteiger partial charge in [0.15, 0.2) is 5.76 Å². The number of nitrogens with one attached hydrogen (secondary N) is 1. The zero-order valence-electron chi connectivity index (χ0n) is 13.5. The molecule has 0 spiro atoms. The summed E-state index contributed by atoms with van der Waals surface area (Å²) in [6, 6.07) is 22.2. The average Bonchev–Trinajstić information content (AvgIpc) is 3.15. The van der Waals surface area contributed by atoms with Crippen molar-refractivity contribution in [2.45, 2.75) is 0 Å². The molecule has 26 heavy (non-hydrogen) atoms. The first-order valence-electron chi connectivity index (χ1n) is 7.96. The number of carbonyl (C=O) groups is 1. The van der Waals surface area contributed by atoms with Crippen LogP contribution in [0.15, 0.2) is 77.2 Å². The molecule has 0 saturated heterocycles. The number of anilines is 1. The molecule has 0 aliphatic carbocycles. The number of halogens is 2. The summed E-state index contributed by atoms with van der Waals surface area (Å²) in [4.78, 5) is 12.6. The Morgan fingerprint density at radius 1 is 0.846 bits per heavy atom. The highest BCUT2D eigenvalue weighted by atomic mass is 35.5. The van der Waals surface area contributed by atoms with Crippen LogP contribution in [0.3, 0.4) is 0 Å². The average molecular weight is 382 g/mol. The molecule has 128 valence electrons. The van der Waals surface area contributed by atoms with E-state index >= 15 is 0 Å². The van der Waals surface area contributed by atoms with Gasteiger partial charge in [0, 0.05) is 16.6 Å². The fraction of sp³-hybridized carbons (Fsp3) is 0. The molecule has 1 heterocycles. The van der Waals surface area contributed by atoms with Gasteiger partial charge in [-0.2, -0.15) is 0 Å². The van der Waals surface area contributed by atoms with E-state index in [-0.39, 0.29) is 11.7 Å². The molecular formula is C21H13Cl2NO2. The fourth-order valence-corrected chi connectivity index (χ4v) is 3.08. The second-order valence-corrected chi connectivity index (χ2v) is 6.59. The molecule has 5 heteroatoms. The molecule has 0 radical (unpaired) electrons. The minimum absolute atomic E-state index is 0.221. The Morgan fingerprint density at radius 3 is 2.50 bits per heavy atom. The largest absolute Gasteiger partial charge is 0.451 e. The van der Waals surface area contributed by atoms with Crippen LogP contribution in [0.2, 0.25) is 10.0 Å². The van der Waals surface area contributed by atoms with Gasteiger partial charge >= 0.3 is 0 Å². The van der Waals surface area contributed by atoms with Crippen molar-refractivity contribution in [1.82, 2.24) is 0 Å². The predicted molar refractivity (Wildman–Crippen MR) is 106 cm³/mol. The van der Waals surface area contributed by atoms with Gasteiger partial charge in [-0.1, -0.05) is 59.6 Å². The Balaban J connectivity index is 1.61. The lowest BCUT2D eigenvalue weighted by Crippen LogP contribution is -2.11. The Kier molecular flexibility index (Phi) is 4.41. The third-order valence-corrected chi connectivity index (χ3v) is 4.81. The van der Waals surface area contributed by atoms with Gasteiger partial charge in [0.05, 0.1) is 10.0 Å². The summed E-state index contributed by atoms with van der Waals surface area (Å²) >= 11 is 12.0. The van der Waals surface area contributed by atoms with E-state index < -0.39 is 0 Å². The van der Waals surface area contributed by atoms with Crippen molar-refractivity contribution in [3.8, 4) is 11.3 Å². The van der Waals surface area contributed by atoms with Crippen molar-refractivity contribution in [1.29, 1.82) is 0 Å². The first-order valence-corrected chi connectivity index (χ1v) is 8.72. The van der Waals surface area contributed by atoms with E-state index in [0.29, 0.717) is 15.8 Å². The van der Waals surface area contributed by atoms with Gasteiger partial charge in [0.25, 0.3) is 5.91 Å². The summed E-state index contributed by atoms with van der Waals surface area (Å²) < 4.78 is 5.70. The van der Waals surface area contributed by atoms with Crippen molar-refractivity contribution >= 4 is 45.6 Å². The number of carbonyl (C=O) groups excluding carboxylic acids is 1. The van der Waals surface area contributed by atoms with E-state index in [2.05, 4.69) is 5.32 Å². The number of fused-ring (bicyclic) bond motifs is 1. The molecule has 3 aromatic carbocycles. The number of benzene rings is 3. The van der Waals surface area contributed by atoms with Crippen LogP contribution in [0.25, 0.3) is 22.1 Å². The van der Waals surface area contributed by atoms with Gasteiger partial charge in [-0.15, -0.1) is 0 Å². The Hall–Kier alpha value is -2.75. The van der Waals surface area contributed by atoms with Gasteiger partial charge < -0.3 is 9.73 Å². The van der Waals surface area contributed by atoms with Crippen molar-refractivity contribution in [2.24, 2.45) is 0 Å². The number of furan rings is 1. The maximum atomic E-state index is 12.6. The summed E-state index contributed by atoms with van der Waals surface area (Å²) in [6.45, 7) is 0. The molecule has 0 aliphatic rings. The summed E-state index contributed by atoms with van der Waals surface area (Å²) in [5.74, 6) is 0.457. The topological polar surface area (TPSA) is 42.2 Å². The normalized spacial score (nSPS) is 10.8. The van der Waals surface area contributed by atoms with E-state index in [4.69, 9.17) is 27.6 Å². The predicted octanol–water partition coefficient (Wildman–Crippen LogP) is 6.66. The summed E-state index contributed by atoms with van der Waals surface area (Å²) in [5.41, 5.74) is 1.49. The molecule has 4 aromatic rings. The van der Waals surface area contributed by atoms with Crippen LogP contribution < -0.4 is 5.32 Å². The quantitative estimate of drug-likeness (QED) is 0.431. The van der Waals surface area contributed by atoms with Gasteiger partial charge in [-0.05, 0) is 41.8 Å². The molecule has 1 aromatic heterocycles. The minimum atomic E-state index is -0.312. The summed E-state index contributed by atoms with van der Waals surface area (Å²) in [7, 11) is 0. The Labute approximate surface area is 160 Å². The number of rotatable bonds is 3. The van der Waals surface area contributed by atoms with Crippen LogP contribution in [0, 0.1) is 0 Å². The van der Waals surface area contributed by atoms with Gasteiger partial charge in [0.2, 0.25) is 0 Å². The van der Waals surface area contributed by atoms with Crippen molar-refractivity contribution < 1.29 is 9.21 Å². The lowest BCUT2D eigenvalue weighted by atomic mass is 10.1. The highest BCUT2D eigenvalue weighted by Crippen LogP contribution is 2.30. The zero-order valence-corrected chi connectivity index (χ0v) is 15.0. The summed E-state index contributed by atoms with van der Waals surface area (Å²) in [6.07, 6.45) is 0. The van der Waals surface area contributed by atoms with Crippen molar-refractivity contribution in [3.63, 3.8) is 0 Å². The zero-order chi connectivity index (χ0) is 18.1. The lowest BCUT2D eigenvalue weighted by molar-refractivity contribution is 0.0997. The highest BCUT2D eigenvalue weighted by molar-refractivity contribution is 6.42. The first kappa shape index (κ1) is 16.7.